The van der Waals surface area contributed by atoms with Crippen molar-refractivity contribution in [2.75, 3.05) is 14.2 Å². The molecule has 0 aliphatic rings. The number of ether oxygens (including phenoxy) is 2. The topological polar surface area (TPSA) is 74.5 Å². The van der Waals surface area contributed by atoms with Crippen LogP contribution in [-0.4, -0.2) is 24.1 Å². The SMILES string of the molecule is COc1cc(-c2cc(Cl)cnc2F)c([N+](=O)[O-])cc1OC. The van der Waals surface area contributed by atoms with Gasteiger partial charge in [-0.05, 0) is 12.1 Å². The van der Waals surface area contributed by atoms with Crippen LogP contribution in [0, 0.1) is 16.1 Å². The molecule has 0 radical (unpaired) electrons. The van der Waals surface area contributed by atoms with Gasteiger partial charge in [0.15, 0.2) is 11.5 Å². The summed E-state index contributed by atoms with van der Waals surface area (Å²) in [7, 11) is 2.73. The predicted molar refractivity (Wildman–Crippen MR) is 74.4 cm³/mol. The standard InChI is InChI=1S/C13H10ClFN2O4/c1-20-11-4-8(9-3-7(14)6-16-13(9)15)10(17(18)19)5-12(11)21-2/h3-6H,1-2H3. The number of nitrogens with zero attached hydrogens (tertiary/aromatic N) is 2. The molecule has 0 aliphatic heterocycles. The summed E-state index contributed by atoms with van der Waals surface area (Å²) in [6, 6.07) is 3.74. The van der Waals surface area contributed by atoms with Gasteiger partial charge >= 0.3 is 0 Å². The van der Waals surface area contributed by atoms with Gasteiger partial charge < -0.3 is 9.47 Å². The van der Waals surface area contributed by atoms with E-state index >= 15 is 0 Å². The van der Waals surface area contributed by atoms with Crippen LogP contribution in [0.15, 0.2) is 24.4 Å². The predicted octanol–water partition coefficient (Wildman–Crippen LogP) is 3.47. The van der Waals surface area contributed by atoms with Crippen LogP contribution in [0.5, 0.6) is 11.5 Å². The van der Waals surface area contributed by atoms with E-state index in [2.05, 4.69) is 4.98 Å². The molecule has 0 saturated heterocycles. The smallest absolute Gasteiger partial charge is 0.281 e. The summed E-state index contributed by atoms with van der Waals surface area (Å²) in [6.45, 7) is 0. The Balaban J connectivity index is 2.77. The molecule has 0 amide bonds. The van der Waals surface area contributed by atoms with Crippen molar-refractivity contribution in [3.8, 4) is 22.6 Å². The summed E-state index contributed by atoms with van der Waals surface area (Å²) in [5, 5.41) is 11.4. The molecule has 1 aromatic heterocycles. The van der Waals surface area contributed by atoms with Gasteiger partial charge in [0.25, 0.3) is 5.69 Å². The first kappa shape index (κ1) is 15.0. The van der Waals surface area contributed by atoms with Gasteiger partial charge in [-0.15, -0.1) is 0 Å². The molecule has 0 bridgehead atoms. The third-order valence-electron chi connectivity index (χ3n) is 2.79. The molecule has 8 heteroatoms. The Morgan fingerprint density at radius 3 is 2.38 bits per heavy atom. The molecule has 0 saturated carbocycles. The Morgan fingerprint density at radius 2 is 1.81 bits per heavy atom. The molecule has 0 fully saturated rings. The van der Waals surface area contributed by atoms with E-state index in [-0.39, 0.29) is 33.3 Å². The van der Waals surface area contributed by atoms with Gasteiger partial charge in [-0.3, -0.25) is 10.1 Å². The van der Waals surface area contributed by atoms with E-state index in [9.17, 15) is 14.5 Å². The summed E-state index contributed by atoms with van der Waals surface area (Å²) < 4.78 is 23.9. The summed E-state index contributed by atoms with van der Waals surface area (Å²) in [5.74, 6) is -0.462. The molecule has 6 nitrogen and oxygen atoms in total. The third kappa shape index (κ3) is 2.87. The normalized spacial score (nSPS) is 10.3. The van der Waals surface area contributed by atoms with Gasteiger partial charge in [-0.2, -0.15) is 4.39 Å². The molecule has 0 aliphatic carbocycles. The summed E-state index contributed by atoms with van der Waals surface area (Å²) >= 11 is 5.78. The Hall–Kier alpha value is -2.41. The highest BCUT2D eigenvalue weighted by Crippen LogP contribution is 2.40. The average molecular weight is 313 g/mol. The van der Waals surface area contributed by atoms with E-state index in [1.165, 1.54) is 26.4 Å². The molecule has 0 N–H and O–H groups in total. The molecule has 0 unspecified atom stereocenters. The lowest BCUT2D eigenvalue weighted by molar-refractivity contribution is -0.384. The van der Waals surface area contributed by atoms with Gasteiger partial charge in [0.05, 0.1) is 35.8 Å². The Kier molecular flexibility index (Phi) is 4.23. The number of aromatic nitrogens is 1. The van der Waals surface area contributed by atoms with Gasteiger partial charge in [0.1, 0.15) is 0 Å². The highest BCUT2D eigenvalue weighted by Gasteiger charge is 2.23. The zero-order valence-corrected chi connectivity index (χ0v) is 11.8. The van der Waals surface area contributed by atoms with Gasteiger partial charge in [-0.25, -0.2) is 4.98 Å². The van der Waals surface area contributed by atoms with Gasteiger partial charge in [-0.1, -0.05) is 11.6 Å². The number of nitro benzene ring substituents is 1. The quantitative estimate of drug-likeness (QED) is 0.491. The fraction of sp³-hybridized carbons (Fsp3) is 0.154. The maximum Gasteiger partial charge on any atom is 0.281 e. The Bertz CT molecular complexity index is 709. The minimum atomic E-state index is -0.866. The van der Waals surface area contributed by atoms with Crippen molar-refractivity contribution < 1.29 is 18.8 Å². The summed E-state index contributed by atoms with van der Waals surface area (Å²) in [5.41, 5.74) is -0.420. The van der Waals surface area contributed by atoms with Crippen LogP contribution < -0.4 is 9.47 Å². The third-order valence-corrected chi connectivity index (χ3v) is 3.00. The highest BCUT2D eigenvalue weighted by molar-refractivity contribution is 6.30. The summed E-state index contributed by atoms with van der Waals surface area (Å²) in [4.78, 5) is 14.0. The van der Waals surface area contributed by atoms with E-state index in [1.54, 1.807) is 0 Å². The van der Waals surface area contributed by atoms with E-state index in [0.717, 1.165) is 12.3 Å². The maximum absolute atomic E-state index is 13.9. The van der Waals surface area contributed by atoms with Crippen LogP contribution in [0.1, 0.15) is 0 Å². The minimum Gasteiger partial charge on any atom is -0.493 e. The Labute approximate surface area is 124 Å². The molecule has 0 atom stereocenters. The van der Waals surface area contributed by atoms with E-state index in [0.29, 0.717) is 0 Å². The van der Waals surface area contributed by atoms with Crippen molar-refractivity contribution in [1.82, 2.24) is 4.98 Å². The number of hydrogen-bond donors (Lipinski definition) is 0. The van der Waals surface area contributed by atoms with Gasteiger partial charge in [0.2, 0.25) is 5.95 Å². The maximum atomic E-state index is 13.9. The number of halogens is 2. The first-order valence-electron chi connectivity index (χ1n) is 5.69. The van der Waals surface area contributed by atoms with Crippen LogP contribution in [0.2, 0.25) is 5.02 Å². The number of pyridine rings is 1. The van der Waals surface area contributed by atoms with Crippen LogP contribution in [-0.2, 0) is 0 Å². The number of benzene rings is 1. The van der Waals surface area contributed by atoms with Crippen LogP contribution in [0.25, 0.3) is 11.1 Å². The average Bonchev–Trinajstić information content (AvgIpc) is 2.48. The molecule has 2 rings (SSSR count). The Morgan fingerprint density at radius 1 is 1.19 bits per heavy atom. The second-order valence-electron chi connectivity index (χ2n) is 3.97. The van der Waals surface area contributed by atoms with Crippen molar-refractivity contribution in [3.05, 3.63) is 45.5 Å². The van der Waals surface area contributed by atoms with Crippen LogP contribution in [0.3, 0.4) is 0 Å². The number of hydrogen-bond acceptors (Lipinski definition) is 5. The first-order chi connectivity index (χ1) is 9.97. The fourth-order valence-corrected chi connectivity index (χ4v) is 2.00. The zero-order chi connectivity index (χ0) is 15.6. The minimum absolute atomic E-state index is 0.00477. The van der Waals surface area contributed by atoms with Crippen molar-refractivity contribution in [2.24, 2.45) is 0 Å². The molecule has 2 aromatic rings. The number of rotatable bonds is 4. The van der Waals surface area contributed by atoms with E-state index in [1.807, 2.05) is 0 Å². The lowest BCUT2D eigenvalue weighted by Crippen LogP contribution is -1.99. The molecule has 21 heavy (non-hydrogen) atoms. The van der Waals surface area contributed by atoms with E-state index < -0.39 is 10.9 Å². The first-order valence-corrected chi connectivity index (χ1v) is 6.07. The van der Waals surface area contributed by atoms with Crippen molar-refractivity contribution >= 4 is 17.3 Å². The lowest BCUT2D eigenvalue weighted by atomic mass is 10.0. The van der Waals surface area contributed by atoms with E-state index in [4.69, 9.17) is 21.1 Å². The second-order valence-corrected chi connectivity index (χ2v) is 4.41. The monoisotopic (exact) mass is 312 g/mol. The molecular weight excluding hydrogens is 303 g/mol. The van der Waals surface area contributed by atoms with Crippen molar-refractivity contribution in [3.63, 3.8) is 0 Å². The van der Waals surface area contributed by atoms with Crippen molar-refractivity contribution in [2.45, 2.75) is 0 Å². The summed E-state index contributed by atoms with van der Waals surface area (Å²) in [6.07, 6.45) is 1.12. The molecule has 1 aromatic carbocycles. The second kappa shape index (κ2) is 5.92. The molecular formula is C13H10ClFN2O4. The van der Waals surface area contributed by atoms with Crippen molar-refractivity contribution in [1.29, 1.82) is 0 Å². The van der Waals surface area contributed by atoms with Gasteiger partial charge in [0, 0.05) is 11.8 Å². The molecule has 110 valence electrons. The fourth-order valence-electron chi connectivity index (χ4n) is 1.85. The number of methoxy groups -OCH3 is 2. The lowest BCUT2D eigenvalue weighted by Gasteiger charge is -2.11. The molecule has 1 heterocycles. The zero-order valence-electron chi connectivity index (χ0n) is 11.1. The highest BCUT2D eigenvalue weighted by atomic mass is 35.5. The van der Waals surface area contributed by atoms with Crippen LogP contribution in [0.4, 0.5) is 10.1 Å². The largest absolute Gasteiger partial charge is 0.493 e. The molecule has 0 spiro atoms. The van der Waals surface area contributed by atoms with Crippen LogP contribution >= 0.6 is 11.6 Å². The number of nitro groups is 1.